The Morgan fingerprint density at radius 1 is 1.91 bits per heavy atom. The summed E-state index contributed by atoms with van der Waals surface area (Å²) in [6.07, 6.45) is 1.86. The van der Waals surface area contributed by atoms with E-state index in [0.717, 1.165) is 0 Å². The number of carboxylic acids is 1. The Morgan fingerprint density at radius 3 is 3.09 bits per heavy atom. The number of aliphatic carboxylic acids is 1. The van der Waals surface area contributed by atoms with E-state index in [4.69, 9.17) is 5.11 Å². The summed E-state index contributed by atoms with van der Waals surface area (Å²) in [6, 6.07) is 1.67. The zero-order chi connectivity index (χ0) is 8.27. The molecule has 4 nitrogen and oxygen atoms in total. The number of rotatable bonds is 3. The van der Waals surface area contributed by atoms with Gasteiger partial charge in [0.05, 0.1) is 11.6 Å². The highest BCUT2D eigenvalue weighted by Crippen LogP contribution is 2.05. The van der Waals surface area contributed by atoms with Gasteiger partial charge in [-0.1, -0.05) is 12.1 Å². The largest absolute Gasteiger partial charge is 0.481 e. The lowest BCUT2D eigenvalue weighted by molar-refractivity contribution is -0.141. The van der Waals surface area contributed by atoms with Gasteiger partial charge in [-0.2, -0.15) is 0 Å². The topological polar surface area (TPSA) is 63.3 Å². The van der Waals surface area contributed by atoms with Crippen molar-refractivity contribution in [2.75, 3.05) is 0 Å². The van der Waals surface area contributed by atoms with Crippen LogP contribution >= 0.6 is 0 Å². The summed E-state index contributed by atoms with van der Waals surface area (Å²) in [5.74, 6) is -1.21. The molecule has 0 aliphatic heterocycles. The van der Waals surface area contributed by atoms with Crippen LogP contribution in [0, 0.1) is 5.92 Å². The molecule has 1 aromatic rings. The van der Waals surface area contributed by atoms with Crippen molar-refractivity contribution in [1.82, 2.24) is 5.16 Å². The second-order valence-corrected chi connectivity index (χ2v) is 2.43. The Labute approximate surface area is 63.8 Å². The molecule has 1 heterocycles. The lowest BCUT2D eigenvalue weighted by Crippen LogP contribution is -2.12. The zero-order valence-corrected chi connectivity index (χ0v) is 6.15. The van der Waals surface area contributed by atoms with Crippen LogP contribution in [0.2, 0.25) is 0 Å². The molecule has 1 aromatic heterocycles. The average molecular weight is 155 g/mol. The molecule has 0 radical (unpaired) electrons. The summed E-state index contributed by atoms with van der Waals surface area (Å²) >= 11 is 0. The molecule has 0 bridgehead atoms. The van der Waals surface area contributed by atoms with E-state index in [9.17, 15) is 4.79 Å². The minimum absolute atomic E-state index is 0.403. The van der Waals surface area contributed by atoms with Gasteiger partial charge in [0.1, 0.15) is 6.26 Å². The van der Waals surface area contributed by atoms with E-state index in [1.807, 2.05) is 0 Å². The third-order valence-corrected chi connectivity index (χ3v) is 1.43. The zero-order valence-electron chi connectivity index (χ0n) is 6.15. The Hall–Kier alpha value is -1.32. The molecule has 11 heavy (non-hydrogen) atoms. The van der Waals surface area contributed by atoms with Crippen molar-refractivity contribution in [2.45, 2.75) is 13.3 Å². The van der Waals surface area contributed by atoms with Crippen molar-refractivity contribution in [3.63, 3.8) is 0 Å². The Bertz CT molecular complexity index is 230. The van der Waals surface area contributed by atoms with E-state index >= 15 is 0 Å². The predicted molar refractivity (Wildman–Crippen MR) is 37.0 cm³/mol. The van der Waals surface area contributed by atoms with Crippen molar-refractivity contribution >= 4 is 5.97 Å². The van der Waals surface area contributed by atoms with Crippen molar-refractivity contribution in [2.24, 2.45) is 5.92 Å². The molecule has 1 N–H and O–H groups in total. The molecule has 0 fully saturated rings. The molecule has 0 saturated heterocycles. The Balaban J connectivity index is 2.50. The lowest BCUT2D eigenvalue weighted by Gasteiger charge is -2.00. The number of aromatic nitrogens is 1. The molecule has 4 heteroatoms. The van der Waals surface area contributed by atoms with E-state index in [0.29, 0.717) is 12.1 Å². The first kappa shape index (κ1) is 7.78. The highest BCUT2D eigenvalue weighted by molar-refractivity contribution is 5.69. The van der Waals surface area contributed by atoms with Crippen LogP contribution in [0.25, 0.3) is 0 Å². The predicted octanol–water partition coefficient (Wildman–Crippen LogP) is 0.938. The van der Waals surface area contributed by atoms with E-state index < -0.39 is 11.9 Å². The molecule has 0 aromatic carbocycles. The van der Waals surface area contributed by atoms with Crippen molar-refractivity contribution in [3.05, 3.63) is 18.0 Å². The standard InChI is InChI=1S/C7H9NO3/c1-5(7(9)10)4-6-2-3-11-8-6/h2-3,5H,4H2,1H3,(H,9,10)/t5-/m0/s1. The second kappa shape index (κ2) is 3.18. The molecule has 0 aliphatic rings. The van der Waals surface area contributed by atoms with Gasteiger partial charge >= 0.3 is 5.97 Å². The van der Waals surface area contributed by atoms with Gasteiger partial charge in [0, 0.05) is 12.5 Å². The van der Waals surface area contributed by atoms with Crippen molar-refractivity contribution in [3.8, 4) is 0 Å². The van der Waals surface area contributed by atoms with Gasteiger partial charge in [-0.05, 0) is 0 Å². The molecule has 60 valence electrons. The first-order valence-electron chi connectivity index (χ1n) is 3.32. The lowest BCUT2D eigenvalue weighted by atomic mass is 10.1. The number of carboxylic acid groups (broad SMARTS) is 1. The van der Waals surface area contributed by atoms with Crippen LogP contribution in [0.5, 0.6) is 0 Å². The normalized spacial score (nSPS) is 12.8. The van der Waals surface area contributed by atoms with Crippen LogP contribution in [0.1, 0.15) is 12.6 Å². The summed E-state index contributed by atoms with van der Waals surface area (Å²) in [5.41, 5.74) is 0.680. The highest BCUT2D eigenvalue weighted by atomic mass is 16.5. The van der Waals surface area contributed by atoms with Gasteiger partial charge in [-0.15, -0.1) is 0 Å². The number of hydrogen-bond acceptors (Lipinski definition) is 3. The molecule has 0 spiro atoms. The van der Waals surface area contributed by atoms with Gasteiger partial charge in [0.15, 0.2) is 0 Å². The first-order chi connectivity index (χ1) is 5.20. The quantitative estimate of drug-likeness (QED) is 0.705. The van der Waals surface area contributed by atoms with Crippen LogP contribution in [-0.4, -0.2) is 16.2 Å². The number of hydrogen-bond donors (Lipinski definition) is 1. The van der Waals surface area contributed by atoms with E-state index in [1.165, 1.54) is 6.26 Å². The minimum Gasteiger partial charge on any atom is -0.481 e. The van der Waals surface area contributed by atoms with Crippen LogP contribution in [0.4, 0.5) is 0 Å². The third-order valence-electron chi connectivity index (χ3n) is 1.43. The van der Waals surface area contributed by atoms with Crippen LogP contribution < -0.4 is 0 Å². The summed E-state index contributed by atoms with van der Waals surface area (Å²) < 4.78 is 4.55. The smallest absolute Gasteiger partial charge is 0.306 e. The first-order valence-corrected chi connectivity index (χ1v) is 3.32. The molecule has 0 unspecified atom stereocenters. The van der Waals surface area contributed by atoms with Gasteiger partial charge in [0.25, 0.3) is 0 Å². The fraction of sp³-hybridized carbons (Fsp3) is 0.429. The Morgan fingerprint density at radius 2 is 2.64 bits per heavy atom. The van der Waals surface area contributed by atoms with Gasteiger partial charge in [0.2, 0.25) is 0 Å². The van der Waals surface area contributed by atoms with Gasteiger partial charge < -0.3 is 9.63 Å². The molecule has 0 saturated carbocycles. The number of carbonyl (C=O) groups is 1. The summed E-state index contributed by atoms with van der Waals surface area (Å²) in [4.78, 5) is 10.4. The molecule has 1 rings (SSSR count). The maximum absolute atomic E-state index is 10.4. The molecular formula is C7H9NO3. The van der Waals surface area contributed by atoms with E-state index in [-0.39, 0.29) is 0 Å². The maximum Gasteiger partial charge on any atom is 0.306 e. The van der Waals surface area contributed by atoms with Crippen molar-refractivity contribution < 1.29 is 14.4 Å². The van der Waals surface area contributed by atoms with E-state index in [1.54, 1.807) is 13.0 Å². The fourth-order valence-corrected chi connectivity index (χ4v) is 0.744. The van der Waals surface area contributed by atoms with Crippen molar-refractivity contribution in [1.29, 1.82) is 0 Å². The molecule has 0 aliphatic carbocycles. The maximum atomic E-state index is 10.4. The Kier molecular flexibility index (Phi) is 2.25. The van der Waals surface area contributed by atoms with Crippen LogP contribution in [0.15, 0.2) is 16.9 Å². The van der Waals surface area contributed by atoms with Crippen LogP contribution in [-0.2, 0) is 11.2 Å². The highest BCUT2D eigenvalue weighted by Gasteiger charge is 2.12. The molecule has 1 atom stereocenters. The third kappa shape index (κ3) is 2.07. The summed E-state index contributed by atoms with van der Waals surface area (Å²) in [7, 11) is 0. The second-order valence-electron chi connectivity index (χ2n) is 2.43. The van der Waals surface area contributed by atoms with E-state index in [2.05, 4.69) is 9.68 Å². The van der Waals surface area contributed by atoms with Gasteiger partial charge in [-0.3, -0.25) is 4.79 Å². The fourth-order valence-electron chi connectivity index (χ4n) is 0.744. The van der Waals surface area contributed by atoms with Gasteiger partial charge in [-0.25, -0.2) is 0 Å². The van der Waals surface area contributed by atoms with Crippen LogP contribution in [0.3, 0.4) is 0 Å². The molecule has 0 amide bonds. The molecular weight excluding hydrogens is 146 g/mol. The minimum atomic E-state index is -0.812. The monoisotopic (exact) mass is 155 g/mol. The summed E-state index contributed by atoms with van der Waals surface area (Å²) in [6.45, 7) is 1.64. The average Bonchev–Trinajstić information content (AvgIpc) is 2.39. The SMILES string of the molecule is C[C@@H](Cc1ccon1)C(=O)O. The summed E-state index contributed by atoms with van der Waals surface area (Å²) in [5, 5.41) is 12.1. The number of nitrogens with zero attached hydrogens (tertiary/aromatic N) is 1.